The van der Waals surface area contributed by atoms with Gasteiger partial charge in [-0.15, -0.1) is 0 Å². The van der Waals surface area contributed by atoms with Gasteiger partial charge in [-0.05, 0) is 25.8 Å². The van der Waals surface area contributed by atoms with Gasteiger partial charge >= 0.3 is 0 Å². The average Bonchev–Trinajstić information content (AvgIpc) is 2.47. The lowest BCUT2D eigenvalue weighted by atomic mass is 10.0. The van der Waals surface area contributed by atoms with Crippen LogP contribution in [0.3, 0.4) is 0 Å². The lowest BCUT2D eigenvalue weighted by Gasteiger charge is -2.38. The van der Waals surface area contributed by atoms with Crippen LogP contribution in [0, 0.1) is 0 Å². The van der Waals surface area contributed by atoms with Crippen LogP contribution in [0.1, 0.15) is 19.4 Å². The quantitative estimate of drug-likeness (QED) is 0.616. The van der Waals surface area contributed by atoms with Gasteiger partial charge in [-0.25, -0.2) is 0 Å². The Hall–Kier alpha value is -1.16. The predicted molar refractivity (Wildman–Crippen MR) is 88.6 cm³/mol. The Morgan fingerprint density at radius 1 is 1.38 bits per heavy atom. The molecule has 0 bridgehead atoms. The molecule has 0 saturated carbocycles. The fraction of sp³-hybridized carbons (Fsp3) is 0.556. The minimum absolute atomic E-state index is 0.532. The summed E-state index contributed by atoms with van der Waals surface area (Å²) in [5, 5.41) is 3.66. The maximum Gasteiger partial charge on any atom is 0.0672 e. The molecule has 0 radical (unpaired) electrons. The molecule has 1 aromatic rings. The molecule has 1 aliphatic rings. The van der Waals surface area contributed by atoms with Crippen LogP contribution < -0.4 is 5.32 Å². The number of nitrogens with zero attached hydrogens (tertiary/aromatic N) is 1. The van der Waals surface area contributed by atoms with Gasteiger partial charge in [0.05, 0.1) is 13.2 Å². The monoisotopic (exact) mass is 288 g/mol. The third-order valence-electron chi connectivity index (χ3n) is 3.98. The highest BCUT2D eigenvalue weighted by molar-refractivity contribution is 5.16. The van der Waals surface area contributed by atoms with Crippen molar-refractivity contribution in [1.82, 2.24) is 10.2 Å². The van der Waals surface area contributed by atoms with Crippen molar-refractivity contribution in [3.63, 3.8) is 0 Å². The van der Waals surface area contributed by atoms with Crippen LogP contribution in [0.25, 0.3) is 0 Å². The summed E-state index contributed by atoms with van der Waals surface area (Å²) in [4.78, 5) is 2.53. The molecule has 21 heavy (non-hydrogen) atoms. The molecule has 1 heterocycles. The zero-order chi connectivity index (χ0) is 15.1. The third-order valence-corrected chi connectivity index (χ3v) is 3.98. The Kier molecular flexibility index (Phi) is 6.43. The minimum Gasteiger partial charge on any atom is -0.376 e. The number of rotatable bonds is 7. The normalized spacial score (nSPS) is 23.1. The first kappa shape index (κ1) is 16.2. The first-order valence-corrected chi connectivity index (χ1v) is 7.88. The summed E-state index contributed by atoms with van der Waals surface area (Å²) in [5.41, 5.74) is 2.49. The summed E-state index contributed by atoms with van der Waals surface area (Å²) >= 11 is 0. The number of nitrogens with one attached hydrogen (secondary N) is 1. The molecule has 116 valence electrons. The Bertz CT molecular complexity index is 432. The number of hydrogen-bond acceptors (Lipinski definition) is 3. The molecule has 1 aromatic carbocycles. The first-order valence-electron chi connectivity index (χ1n) is 7.88. The van der Waals surface area contributed by atoms with E-state index in [9.17, 15) is 0 Å². The standard InChI is InChI=1S/C18H28N2O/c1-15(2)14-21-10-9-20-13-18(19-12-16(20)3)11-17-7-5-4-6-8-17/h4-8,16,18-19H,1,9-14H2,2-3H3. The molecule has 3 nitrogen and oxygen atoms in total. The Morgan fingerprint density at radius 2 is 2.14 bits per heavy atom. The fourth-order valence-electron chi connectivity index (χ4n) is 2.77. The maximum atomic E-state index is 5.64. The zero-order valence-electron chi connectivity index (χ0n) is 13.3. The average molecular weight is 288 g/mol. The summed E-state index contributed by atoms with van der Waals surface area (Å²) in [6.07, 6.45) is 1.09. The van der Waals surface area contributed by atoms with E-state index in [0.717, 1.165) is 38.2 Å². The summed E-state index contributed by atoms with van der Waals surface area (Å²) in [7, 11) is 0. The van der Waals surface area contributed by atoms with E-state index in [2.05, 4.69) is 54.1 Å². The number of benzene rings is 1. The van der Waals surface area contributed by atoms with E-state index in [1.165, 1.54) is 5.56 Å². The van der Waals surface area contributed by atoms with E-state index < -0.39 is 0 Å². The van der Waals surface area contributed by atoms with Crippen LogP contribution in [-0.4, -0.2) is 49.8 Å². The van der Waals surface area contributed by atoms with Crippen molar-refractivity contribution in [2.75, 3.05) is 32.8 Å². The molecular formula is C18H28N2O. The lowest BCUT2D eigenvalue weighted by Crippen LogP contribution is -2.56. The highest BCUT2D eigenvalue weighted by atomic mass is 16.5. The minimum atomic E-state index is 0.532. The van der Waals surface area contributed by atoms with Crippen LogP contribution in [0.5, 0.6) is 0 Å². The van der Waals surface area contributed by atoms with Gasteiger partial charge in [0.15, 0.2) is 0 Å². The van der Waals surface area contributed by atoms with Gasteiger partial charge in [0, 0.05) is 31.7 Å². The second kappa shape index (κ2) is 8.32. The molecule has 2 atom stereocenters. The van der Waals surface area contributed by atoms with E-state index in [1.54, 1.807) is 0 Å². The van der Waals surface area contributed by atoms with E-state index in [4.69, 9.17) is 4.74 Å². The van der Waals surface area contributed by atoms with E-state index >= 15 is 0 Å². The van der Waals surface area contributed by atoms with Crippen molar-refractivity contribution in [3.05, 3.63) is 48.0 Å². The van der Waals surface area contributed by atoms with E-state index in [-0.39, 0.29) is 0 Å². The van der Waals surface area contributed by atoms with Gasteiger partial charge in [0.1, 0.15) is 0 Å². The molecule has 0 aliphatic carbocycles. The Balaban J connectivity index is 1.77. The summed E-state index contributed by atoms with van der Waals surface area (Å²) < 4.78 is 5.64. The molecular weight excluding hydrogens is 260 g/mol. The second-order valence-corrected chi connectivity index (χ2v) is 6.15. The summed E-state index contributed by atoms with van der Waals surface area (Å²) in [6, 6.07) is 11.8. The second-order valence-electron chi connectivity index (χ2n) is 6.15. The summed E-state index contributed by atoms with van der Waals surface area (Å²) in [5.74, 6) is 0. The molecule has 1 fully saturated rings. The van der Waals surface area contributed by atoms with Gasteiger partial charge in [-0.3, -0.25) is 4.90 Å². The van der Waals surface area contributed by atoms with Crippen molar-refractivity contribution in [2.24, 2.45) is 0 Å². The van der Waals surface area contributed by atoms with Gasteiger partial charge in [0.25, 0.3) is 0 Å². The van der Waals surface area contributed by atoms with Crippen LogP contribution in [-0.2, 0) is 11.2 Å². The first-order chi connectivity index (χ1) is 10.1. The van der Waals surface area contributed by atoms with Crippen LogP contribution >= 0.6 is 0 Å². The van der Waals surface area contributed by atoms with Gasteiger partial charge in [-0.2, -0.15) is 0 Å². The molecule has 0 spiro atoms. The Morgan fingerprint density at radius 3 is 2.86 bits per heavy atom. The number of piperazine rings is 1. The van der Waals surface area contributed by atoms with E-state index in [0.29, 0.717) is 18.7 Å². The number of ether oxygens (including phenoxy) is 1. The molecule has 3 heteroatoms. The maximum absolute atomic E-state index is 5.64. The van der Waals surface area contributed by atoms with Crippen molar-refractivity contribution < 1.29 is 4.74 Å². The van der Waals surface area contributed by atoms with E-state index in [1.807, 2.05) is 6.92 Å². The van der Waals surface area contributed by atoms with Crippen molar-refractivity contribution in [3.8, 4) is 0 Å². The van der Waals surface area contributed by atoms with Crippen molar-refractivity contribution in [2.45, 2.75) is 32.4 Å². The summed E-state index contributed by atoms with van der Waals surface area (Å²) in [6.45, 7) is 12.8. The zero-order valence-corrected chi connectivity index (χ0v) is 13.3. The molecule has 1 saturated heterocycles. The topological polar surface area (TPSA) is 24.5 Å². The predicted octanol–water partition coefficient (Wildman–Crippen LogP) is 2.48. The van der Waals surface area contributed by atoms with Gasteiger partial charge < -0.3 is 10.1 Å². The smallest absolute Gasteiger partial charge is 0.0672 e. The lowest BCUT2D eigenvalue weighted by molar-refractivity contribution is 0.0793. The van der Waals surface area contributed by atoms with Crippen LogP contribution in [0.4, 0.5) is 0 Å². The molecule has 2 rings (SSSR count). The SMILES string of the molecule is C=C(C)COCCN1CC(Cc2ccccc2)NCC1C. The number of hydrogen-bond donors (Lipinski definition) is 1. The molecule has 0 aromatic heterocycles. The van der Waals surface area contributed by atoms with Crippen molar-refractivity contribution >= 4 is 0 Å². The highest BCUT2D eigenvalue weighted by Gasteiger charge is 2.24. The molecule has 2 unspecified atom stereocenters. The van der Waals surface area contributed by atoms with Gasteiger partial charge in [-0.1, -0.05) is 42.5 Å². The Labute approximate surface area is 129 Å². The third kappa shape index (κ3) is 5.62. The van der Waals surface area contributed by atoms with Crippen LogP contribution in [0.2, 0.25) is 0 Å². The molecule has 1 N–H and O–H groups in total. The molecule has 1 aliphatic heterocycles. The highest BCUT2D eigenvalue weighted by Crippen LogP contribution is 2.11. The molecule has 0 amide bonds. The van der Waals surface area contributed by atoms with Crippen LogP contribution in [0.15, 0.2) is 42.5 Å². The van der Waals surface area contributed by atoms with Crippen molar-refractivity contribution in [1.29, 1.82) is 0 Å². The fourth-order valence-corrected chi connectivity index (χ4v) is 2.77. The largest absolute Gasteiger partial charge is 0.376 e. The van der Waals surface area contributed by atoms with Gasteiger partial charge in [0.2, 0.25) is 0 Å².